The summed E-state index contributed by atoms with van der Waals surface area (Å²) in [4.78, 5) is 28.8. The molecule has 2 fully saturated rings. The molecular formula is C25H24N2O8. The summed E-state index contributed by atoms with van der Waals surface area (Å²) in [6.07, 6.45) is 3.30. The Labute approximate surface area is 201 Å². The molecule has 4 atom stereocenters. The molecule has 4 aliphatic rings. The molecule has 10 nitrogen and oxygen atoms in total. The Morgan fingerprint density at radius 3 is 2.51 bits per heavy atom. The quantitative estimate of drug-likeness (QED) is 0.629. The number of carbonyl (C=O) groups is 2. The van der Waals surface area contributed by atoms with Crippen molar-refractivity contribution in [2.45, 2.75) is 11.7 Å². The third-order valence-corrected chi connectivity index (χ3v) is 7.00. The van der Waals surface area contributed by atoms with Gasteiger partial charge in [-0.1, -0.05) is 12.2 Å². The molecule has 2 aromatic carbocycles. The standard InChI is InChI=1S/C25H24N2O8/c1-30-18-8-13(9-19(31-2)22(18)32-3)26-23(28)20-16-6-7-25(35-16)11-27(24(29)21(20)25)14-4-5-15-17(10-14)34-12-33-15/h4-10,16,20-21H,11-12H2,1-3H3,(H,26,28). The molecule has 1 N–H and O–H groups in total. The smallest absolute Gasteiger partial charge is 0.234 e. The number of nitrogens with one attached hydrogen (secondary N) is 1. The number of rotatable bonds is 6. The van der Waals surface area contributed by atoms with Crippen molar-refractivity contribution in [2.75, 3.05) is 44.9 Å². The van der Waals surface area contributed by atoms with Crippen molar-refractivity contribution in [1.82, 2.24) is 0 Å². The minimum Gasteiger partial charge on any atom is -0.493 e. The average Bonchev–Trinajstić information content (AvgIpc) is 3.63. The van der Waals surface area contributed by atoms with Crippen molar-refractivity contribution >= 4 is 23.2 Å². The molecule has 2 saturated heterocycles. The van der Waals surface area contributed by atoms with Crippen molar-refractivity contribution in [2.24, 2.45) is 11.8 Å². The van der Waals surface area contributed by atoms with Crippen LogP contribution in [0.3, 0.4) is 0 Å². The Bertz CT molecular complexity index is 1240. The maximum atomic E-state index is 13.6. The Morgan fingerprint density at radius 2 is 1.80 bits per heavy atom. The van der Waals surface area contributed by atoms with Crippen molar-refractivity contribution < 1.29 is 38.0 Å². The molecule has 6 rings (SSSR count). The van der Waals surface area contributed by atoms with Gasteiger partial charge in [0.05, 0.1) is 45.8 Å². The van der Waals surface area contributed by atoms with Crippen LogP contribution in [-0.2, 0) is 14.3 Å². The number of nitrogens with zero attached hydrogens (tertiary/aromatic N) is 1. The molecule has 10 heteroatoms. The van der Waals surface area contributed by atoms with Gasteiger partial charge in [-0.15, -0.1) is 0 Å². The first-order chi connectivity index (χ1) is 17.0. The number of carbonyl (C=O) groups excluding carboxylic acids is 2. The number of hydrogen-bond acceptors (Lipinski definition) is 8. The molecule has 0 saturated carbocycles. The zero-order valence-electron chi connectivity index (χ0n) is 19.4. The number of methoxy groups -OCH3 is 3. The maximum Gasteiger partial charge on any atom is 0.234 e. The van der Waals surface area contributed by atoms with E-state index in [1.54, 1.807) is 29.2 Å². The highest BCUT2D eigenvalue weighted by molar-refractivity contribution is 6.05. The molecular weight excluding hydrogens is 456 g/mol. The average molecular weight is 480 g/mol. The molecule has 2 amide bonds. The molecule has 4 unspecified atom stereocenters. The van der Waals surface area contributed by atoms with Gasteiger partial charge in [0.25, 0.3) is 0 Å². The highest BCUT2D eigenvalue weighted by Gasteiger charge is 2.67. The lowest BCUT2D eigenvalue weighted by molar-refractivity contribution is -0.128. The van der Waals surface area contributed by atoms with Crippen LogP contribution in [0.15, 0.2) is 42.5 Å². The van der Waals surface area contributed by atoms with Crippen LogP contribution < -0.4 is 33.9 Å². The largest absolute Gasteiger partial charge is 0.493 e. The molecule has 0 aromatic heterocycles. The topological polar surface area (TPSA) is 105 Å². The number of benzene rings is 2. The van der Waals surface area contributed by atoms with Crippen LogP contribution in [-0.4, -0.2) is 58.2 Å². The first-order valence-electron chi connectivity index (χ1n) is 11.2. The predicted molar refractivity (Wildman–Crippen MR) is 123 cm³/mol. The maximum absolute atomic E-state index is 13.6. The van der Waals surface area contributed by atoms with Crippen LogP contribution in [0.5, 0.6) is 28.7 Å². The number of amides is 2. The third kappa shape index (κ3) is 3.13. The van der Waals surface area contributed by atoms with Crippen LogP contribution in [0.4, 0.5) is 11.4 Å². The van der Waals surface area contributed by atoms with E-state index in [0.29, 0.717) is 46.7 Å². The fourth-order valence-corrected chi connectivity index (χ4v) is 5.45. The van der Waals surface area contributed by atoms with E-state index in [0.717, 1.165) is 0 Å². The van der Waals surface area contributed by atoms with Gasteiger partial charge in [-0.2, -0.15) is 0 Å². The van der Waals surface area contributed by atoms with Gasteiger partial charge in [0.15, 0.2) is 23.0 Å². The SMILES string of the molecule is COc1cc(NC(=O)C2C3C=CC4(CN(c5ccc6c(c5)OCO6)C(=O)C24)O3)cc(OC)c1OC. The Kier molecular flexibility index (Phi) is 4.82. The summed E-state index contributed by atoms with van der Waals surface area (Å²) < 4.78 is 33.2. The van der Waals surface area contributed by atoms with Gasteiger partial charge in [-0.05, 0) is 12.1 Å². The summed E-state index contributed by atoms with van der Waals surface area (Å²) in [7, 11) is 4.51. The van der Waals surface area contributed by atoms with E-state index in [1.165, 1.54) is 21.3 Å². The lowest BCUT2D eigenvalue weighted by Gasteiger charge is -2.24. The van der Waals surface area contributed by atoms with Gasteiger partial charge in [0.2, 0.25) is 24.4 Å². The molecule has 4 aliphatic heterocycles. The molecule has 35 heavy (non-hydrogen) atoms. The second-order valence-corrected chi connectivity index (χ2v) is 8.77. The van der Waals surface area contributed by atoms with Gasteiger partial charge in [0.1, 0.15) is 5.60 Å². The molecule has 0 aliphatic carbocycles. The van der Waals surface area contributed by atoms with Crippen LogP contribution >= 0.6 is 0 Å². The zero-order chi connectivity index (χ0) is 24.3. The van der Waals surface area contributed by atoms with E-state index >= 15 is 0 Å². The van der Waals surface area contributed by atoms with E-state index in [1.807, 2.05) is 18.2 Å². The number of fused-ring (bicyclic) bond motifs is 2. The van der Waals surface area contributed by atoms with Gasteiger partial charge < -0.3 is 38.6 Å². The first kappa shape index (κ1) is 21.6. The van der Waals surface area contributed by atoms with Gasteiger partial charge in [0, 0.05) is 29.6 Å². The normalized spacial score (nSPS) is 27.2. The van der Waals surface area contributed by atoms with E-state index in [9.17, 15) is 9.59 Å². The minimum absolute atomic E-state index is 0.149. The van der Waals surface area contributed by atoms with Crippen molar-refractivity contribution in [3.05, 3.63) is 42.5 Å². The van der Waals surface area contributed by atoms with Crippen molar-refractivity contribution in [1.29, 1.82) is 0 Å². The van der Waals surface area contributed by atoms with Gasteiger partial charge >= 0.3 is 0 Å². The number of ether oxygens (including phenoxy) is 6. The number of hydrogen-bond donors (Lipinski definition) is 1. The summed E-state index contributed by atoms with van der Waals surface area (Å²) in [5.74, 6) is 0.643. The summed E-state index contributed by atoms with van der Waals surface area (Å²) in [6, 6.07) is 8.66. The highest BCUT2D eigenvalue weighted by Crippen LogP contribution is 2.53. The van der Waals surface area contributed by atoms with Crippen molar-refractivity contribution in [3.8, 4) is 28.7 Å². The Morgan fingerprint density at radius 1 is 1.06 bits per heavy atom. The third-order valence-electron chi connectivity index (χ3n) is 7.00. The van der Waals surface area contributed by atoms with Gasteiger partial charge in [-0.25, -0.2) is 0 Å². The molecule has 2 aromatic rings. The van der Waals surface area contributed by atoms with E-state index < -0.39 is 23.5 Å². The predicted octanol–water partition coefficient (Wildman–Crippen LogP) is 2.37. The molecule has 2 bridgehead atoms. The monoisotopic (exact) mass is 480 g/mol. The van der Waals surface area contributed by atoms with Crippen molar-refractivity contribution in [3.63, 3.8) is 0 Å². The molecule has 4 heterocycles. The highest BCUT2D eigenvalue weighted by atomic mass is 16.7. The van der Waals surface area contributed by atoms with Gasteiger partial charge in [-0.3, -0.25) is 9.59 Å². The fraction of sp³-hybridized carbons (Fsp3) is 0.360. The lowest BCUT2D eigenvalue weighted by atomic mass is 9.77. The van der Waals surface area contributed by atoms with Crippen LogP contribution in [0.1, 0.15) is 0 Å². The lowest BCUT2D eigenvalue weighted by Crippen LogP contribution is -2.41. The molecule has 0 radical (unpaired) electrons. The van der Waals surface area contributed by atoms with Crippen LogP contribution in [0, 0.1) is 11.8 Å². The fourth-order valence-electron chi connectivity index (χ4n) is 5.45. The summed E-state index contributed by atoms with van der Waals surface area (Å²) in [5.41, 5.74) is 0.283. The molecule has 182 valence electrons. The summed E-state index contributed by atoms with van der Waals surface area (Å²) >= 11 is 0. The second kappa shape index (κ2) is 7.81. The minimum atomic E-state index is -0.852. The van der Waals surface area contributed by atoms with Crippen LogP contribution in [0.25, 0.3) is 0 Å². The van der Waals surface area contributed by atoms with Crippen LogP contribution in [0.2, 0.25) is 0 Å². The van der Waals surface area contributed by atoms with E-state index in [4.69, 9.17) is 28.4 Å². The second-order valence-electron chi connectivity index (χ2n) is 8.77. The Hall–Kier alpha value is -3.92. The van der Waals surface area contributed by atoms with E-state index in [-0.39, 0.29) is 18.6 Å². The molecule has 1 spiro atoms. The summed E-state index contributed by atoms with van der Waals surface area (Å²) in [5, 5.41) is 2.91. The first-order valence-corrected chi connectivity index (χ1v) is 11.2. The Balaban J connectivity index is 1.28. The van der Waals surface area contributed by atoms with E-state index in [2.05, 4.69) is 5.32 Å². The summed E-state index contributed by atoms with van der Waals surface area (Å²) in [6.45, 7) is 0.465. The number of anilines is 2. The zero-order valence-corrected chi connectivity index (χ0v) is 19.4.